The van der Waals surface area contributed by atoms with Gasteiger partial charge in [-0.3, -0.25) is 0 Å². The van der Waals surface area contributed by atoms with Crippen LogP contribution in [0.25, 0.3) is 10.9 Å². The molecule has 0 spiro atoms. The lowest BCUT2D eigenvalue weighted by Crippen LogP contribution is -2.31. The fraction of sp³-hybridized carbons (Fsp3) is 0.318. The molecule has 2 heterocycles. The summed E-state index contributed by atoms with van der Waals surface area (Å²) >= 11 is 0. The molecule has 1 fully saturated rings. The average molecular weight is 331 g/mol. The molecule has 128 valence electrons. The second-order valence-corrected chi connectivity index (χ2v) is 6.80. The van der Waals surface area contributed by atoms with Crippen LogP contribution in [0.2, 0.25) is 0 Å². The Bertz CT molecular complexity index is 823. The van der Waals surface area contributed by atoms with E-state index in [-0.39, 0.29) is 0 Å². The molecule has 3 aromatic rings. The van der Waals surface area contributed by atoms with Crippen molar-refractivity contribution in [1.82, 2.24) is 10.3 Å². The van der Waals surface area contributed by atoms with Gasteiger partial charge < -0.3 is 10.2 Å². The first-order valence-corrected chi connectivity index (χ1v) is 9.28. The highest BCUT2D eigenvalue weighted by Gasteiger charge is 2.16. The number of nitrogens with zero attached hydrogens (tertiary/aromatic N) is 2. The Hall–Kier alpha value is -2.39. The molecule has 1 saturated heterocycles. The summed E-state index contributed by atoms with van der Waals surface area (Å²) < 4.78 is 0. The molecule has 0 radical (unpaired) electrons. The van der Waals surface area contributed by atoms with Gasteiger partial charge in [-0.2, -0.15) is 0 Å². The number of pyridine rings is 1. The minimum atomic E-state index is 0.846. The van der Waals surface area contributed by atoms with Crippen molar-refractivity contribution in [3.63, 3.8) is 0 Å². The normalized spacial score (nSPS) is 14.8. The zero-order chi connectivity index (χ0) is 16.9. The van der Waals surface area contributed by atoms with E-state index in [2.05, 4.69) is 70.9 Å². The van der Waals surface area contributed by atoms with Crippen molar-refractivity contribution < 1.29 is 0 Å². The van der Waals surface area contributed by atoms with E-state index in [1.165, 1.54) is 41.6 Å². The monoisotopic (exact) mass is 331 g/mol. The zero-order valence-corrected chi connectivity index (χ0v) is 14.6. The number of nitrogens with one attached hydrogen (secondary N) is 1. The number of rotatable bonds is 5. The Labute approximate surface area is 149 Å². The van der Waals surface area contributed by atoms with E-state index >= 15 is 0 Å². The van der Waals surface area contributed by atoms with Crippen molar-refractivity contribution in [2.45, 2.75) is 32.4 Å². The number of fused-ring (bicyclic) bond motifs is 1. The van der Waals surface area contributed by atoms with Crippen LogP contribution < -0.4 is 10.2 Å². The zero-order valence-electron chi connectivity index (χ0n) is 14.6. The number of benzene rings is 2. The Morgan fingerprint density at radius 2 is 1.60 bits per heavy atom. The van der Waals surface area contributed by atoms with E-state index in [1.54, 1.807) is 0 Å². The molecule has 0 aliphatic carbocycles. The number of piperidine rings is 1. The predicted octanol–water partition coefficient (Wildman–Crippen LogP) is 4.51. The lowest BCUT2D eigenvalue weighted by molar-refractivity contribution is 0.570. The van der Waals surface area contributed by atoms with Crippen LogP contribution in [0, 0.1) is 0 Å². The molecule has 1 N–H and O–H groups in total. The molecular weight excluding hydrogens is 306 g/mol. The molecule has 4 rings (SSSR count). The summed E-state index contributed by atoms with van der Waals surface area (Å²) in [5.74, 6) is 1.17. The topological polar surface area (TPSA) is 28.2 Å². The number of para-hydroxylation sites is 1. The second kappa shape index (κ2) is 7.66. The SMILES string of the molecule is c1ccc(CNCc2cc3ccccc3nc2N2CCCCC2)cc1. The molecule has 0 bridgehead atoms. The summed E-state index contributed by atoms with van der Waals surface area (Å²) in [5.41, 5.74) is 3.71. The van der Waals surface area contributed by atoms with Crippen molar-refractivity contribution in [3.8, 4) is 0 Å². The predicted molar refractivity (Wildman–Crippen MR) is 105 cm³/mol. The Morgan fingerprint density at radius 3 is 2.44 bits per heavy atom. The van der Waals surface area contributed by atoms with Crippen LogP contribution in [0.1, 0.15) is 30.4 Å². The Balaban J connectivity index is 1.58. The third-order valence-corrected chi connectivity index (χ3v) is 4.92. The van der Waals surface area contributed by atoms with Gasteiger partial charge in [0, 0.05) is 37.1 Å². The highest BCUT2D eigenvalue weighted by Crippen LogP contribution is 2.26. The minimum Gasteiger partial charge on any atom is -0.356 e. The highest BCUT2D eigenvalue weighted by molar-refractivity contribution is 5.81. The fourth-order valence-electron chi connectivity index (χ4n) is 3.60. The van der Waals surface area contributed by atoms with Crippen molar-refractivity contribution in [1.29, 1.82) is 0 Å². The molecule has 1 aromatic heterocycles. The lowest BCUT2D eigenvalue weighted by Gasteiger charge is -2.30. The quantitative estimate of drug-likeness (QED) is 0.745. The van der Waals surface area contributed by atoms with Gasteiger partial charge >= 0.3 is 0 Å². The summed E-state index contributed by atoms with van der Waals surface area (Å²) in [6.07, 6.45) is 3.88. The molecule has 1 aliphatic heterocycles. The molecule has 25 heavy (non-hydrogen) atoms. The maximum Gasteiger partial charge on any atom is 0.133 e. The van der Waals surface area contributed by atoms with Crippen molar-refractivity contribution in [3.05, 3.63) is 71.8 Å². The molecule has 0 unspecified atom stereocenters. The Morgan fingerprint density at radius 1 is 0.840 bits per heavy atom. The van der Waals surface area contributed by atoms with Crippen LogP contribution in [0.15, 0.2) is 60.7 Å². The van der Waals surface area contributed by atoms with Gasteiger partial charge in [-0.1, -0.05) is 48.5 Å². The highest BCUT2D eigenvalue weighted by atomic mass is 15.2. The van der Waals surface area contributed by atoms with E-state index < -0.39 is 0 Å². The molecule has 3 nitrogen and oxygen atoms in total. The van der Waals surface area contributed by atoms with E-state index in [4.69, 9.17) is 4.98 Å². The summed E-state index contributed by atoms with van der Waals surface area (Å²) in [5, 5.41) is 4.82. The van der Waals surface area contributed by atoms with Gasteiger partial charge in [0.15, 0.2) is 0 Å². The third kappa shape index (κ3) is 3.83. The summed E-state index contributed by atoms with van der Waals surface area (Å²) in [6, 6.07) is 21.3. The van der Waals surface area contributed by atoms with E-state index in [9.17, 15) is 0 Å². The molecular formula is C22H25N3. The van der Waals surface area contributed by atoms with Crippen molar-refractivity contribution in [2.75, 3.05) is 18.0 Å². The maximum atomic E-state index is 5.01. The molecule has 0 amide bonds. The van der Waals surface area contributed by atoms with Crippen LogP contribution in [-0.4, -0.2) is 18.1 Å². The maximum absolute atomic E-state index is 5.01. The minimum absolute atomic E-state index is 0.846. The van der Waals surface area contributed by atoms with E-state index in [0.717, 1.165) is 31.7 Å². The van der Waals surface area contributed by atoms with E-state index in [1.807, 2.05) is 0 Å². The van der Waals surface area contributed by atoms with Crippen LogP contribution >= 0.6 is 0 Å². The second-order valence-electron chi connectivity index (χ2n) is 6.80. The van der Waals surface area contributed by atoms with Gasteiger partial charge in [0.1, 0.15) is 5.82 Å². The number of anilines is 1. The lowest BCUT2D eigenvalue weighted by atomic mass is 10.1. The summed E-state index contributed by atoms with van der Waals surface area (Å²) in [4.78, 5) is 7.48. The number of hydrogen-bond acceptors (Lipinski definition) is 3. The largest absolute Gasteiger partial charge is 0.356 e. The van der Waals surface area contributed by atoms with Crippen LogP contribution in [0.3, 0.4) is 0 Å². The fourth-order valence-corrected chi connectivity index (χ4v) is 3.60. The molecule has 1 aliphatic rings. The van der Waals surface area contributed by atoms with Gasteiger partial charge in [-0.15, -0.1) is 0 Å². The molecule has 0 atom stereocenters. The first-order valence-electron chi connectivity index (χ1n) is 9.28. The molecule has 3 heteroatoms. The van der Waals surface area contributed by atoms with Crippen molar-refractivity contribution in [2.24, 2.45) is 0 Å². The van der Waals surface area contributed by atoms with Gasteiger partial charge in [-0.25, -0.2) is 4.98 Å². The summed E-state index contributed by atoms with van der Waals surface area (Å²) in [7, 11) is 0. The van der Waals surface area contributed by atoms with Crippen LogP contribution in [-0.2, 0) is 13.1 Å². The Kier molecular flexibility index (Phi) is 4.93. The summed E-state index contributed by atoms with van der Waals surface area (Å²) in [6.45, 7) is 3.97. The number of hydrogen-bond donors (Lipinski definition) is 1. The van der Waals surface area contributed by atoms with Crippen LogP contribution in [0.4, 0.5) is 5.82 Å². The van der Waals surface area contributed by atoms with Gasteiger partial charge in [0.25, 0.3) is 0 Å². The standard InChI is InChI=1S/C22H25N3/c1-3-9-18(10-4-1)16-23-17-20-15-19-11-5-6-12-21(19)24-22(20)25-13-7-2-8-14-25/h1,3-6,9-12,15,23H,2,7-8,13-14,16-17H2. The number of aromatic nitrogens is 1. The first-order chi connectivity index (χ1) is 12.4. The van der Waals surface area contributed by atoms with Crippen LogP contribution in [0.5, 0.6) is 0 Å². The smallest absolute Gasteiger partial charge is 0.133 e. The van der Waals surface area contributed by atoms with Gasteiger partial charge in [-0.05, 0) is 37.0 Å². The third-order valence-electron chi connectivity index (χ3n) is 4.92. The van der Waals surface area contributed by atoms with Gasteiger partial charge in [0.2, 0.25) is 0 Å². The molecule has 2 aromatic carbocycles. The van der Waals surface area contributed by atoms with Crippen molar-refractivity contribution >= 4 is 16.7 Å². The molecule has 0 saturated carbocycles. The first kappa shape index (κ1) is 16.1. The van der Waals surface area contributed by atoms with Gasteiger partial charge in [0.05, 0.1) is 5.52 Å². The van der Waals surface area contributed by atoms with E-state index in [0.29, 0.717) is 0 Å². The average Bonchev–Trinajstić information content (AvgIpc) is 2.69.